The third-order valence-electron chi connectivity index (χ3n) is 5.27. The van der Waals surface area contributed by atoms with E-state index in [9.17, 15) is 14.7 Å². The van der Waals surface area contributed by atoms with Crippen molar-refractivity contribution >= 4 is 40.4 Å². The fraction of sp³-hybridized carbons (Fsp3) is 0.167. The van der Waals surface area contributed by atoms with Crippen molar-refractivity contribution in [3.05, 3.63) is 86.6 Å². The zero-order valence-corrected chi connectivity index (χ0v) is 18.9. The molecule has 1 aliphatic heterocycles. The number of amides is 1. The van der Waals surface area contributed by atoms with Gasteiger partial charge in [0.25, 0.3) is 11.7 Å². The smallest absolute Gasteiger partial charge is 0.295 e. The molecule has 164 valence electrons. The van der Waals surface area contributed by atoms with Crippen molar-refractivity contribution in [2.75, 3.05) is 14.2 Å². The van der Waals surface area contributed by atoms with Crippen molar-refractivity contribution in [2.24, 2.45) is 0 Å². The van der Waals surface area contributed by atoms with E-state index >= 15 is 0 Å². The average Bonchev–Trinajstić information content (AvgIpc) is 3.41. The lowest BCUT2D eigenvalue weighted by Crippen LogP contribution is -2.28. The summed E-state index contributed by atoms with van der Waals surface area (Å²) in [4.78, 5) is 28.6. The van der Waals surface area contributed by atoms with Crippen LogP contribution in [0.15, 0.2) is 65.6 Å². The van der Waals surface area contributed by atoms with E-state index in [1.165, 1.54) is 29.4 Å². The van der Waals surface area contributed by atoms with Crippen molar-refractivity contribution in [1.29, 1.82) is 0 Å². The molecule has 1 saturated heterocycles. The van der Waals surface area contributed by atoms with E-state index in [1.54, 1.807) is 43.5 Å². The van der Waals surface area contributed by atoms with Crippen molar-refractivity contribution in [3.8, 4) is 11.5 Å². The van der Waals surface area contributed by atoms with Crippen LogP contribution in [0.3, 0.4) is 0 Å². The molecule has 0 radical (unpaired) electrons. The van der Waals surface area contributed by atoms with Gasteiger partial charge in [0.2, 0.25) is 0 Å². The van der Waals surface area contributed by atoms with Gasteiger partial charge in [0.05, 0.1) is 37.9 Å². The lowest BCUT2D eigenvalue weighted by atomic mass is 9.95. The Kier molecular flexibility index (Phi) is 6.21. The first-order valence-corrected chi connectivity index (χ1v) is 11.0. The van der Waals surface area contributed by atoms with E-state index in [1.807, 2.05) is 17.5 Å². The lowest BCUT2D eigenvalue weighted by Gasteiger charge is -2.25. The van der Waals surface area contributed by atoms with Crippen LogP contribution in [-0.2, 0) is 16.1 Å². The van der Waals surface area contributed by atoms with Crippen LogP contribution in [0.25, 0.3) is 5.76 Å². The van der Waals surface area contributed by atoms with Gasteiger partial charge in [-0.25, -0.2) is 0 Å². The maximum atomic E-state index is 13.2. The summed E-state index contributed by atoms with van der Waals surface area (Å²) in [6, 6.07) is 14.8. The van der Waals surface area contributed by atoms with Gasteiger partial charge in [-0.1, -0.05) is 29.8 Å². The number of carbonyl (C=O) groups is 2. The maximum Gasteiger partial charge on any atom is 0.295 e. The van der Waals surface area contributed by atoms with Gasteiger partial charge in [-0.3, -0.25) is 9.59 Å². The number of thiophene rings is 1. The van der Waals surface area contributed by atoms with Gasteiger partial charge in [0.15, 0.2) is 0 Å². The van der Waals surface area contributed by atoms with Crippen LogP contribution in [0, 0.1) is 0 Å². The van der Waals surface area contributed by atoms with Crippen molar-refractivity contribution < 1.29 is 24.2 Å². The first-order valence-electron chi connectivity index (χ1n) is 9.73. The highest BCUT2D eigenvalue weighted by atomic mass is 35.5. The van der Waals surface area contributed by atoms with Crippen molar-refractivity contribution in [1.82, 2.24) is 4.90 Å². The average molecular weight is 470 g/mol. The van der Waals surface area contributed by atoms with Gasteiger partial charge in [-0.05, 0) is 47.3 Å². The molecular weight excluding hydrogens is 450 g/mol. The number of rotatable bonds is 6. The number of nitrogens with zero attached hydrogens (tertiary/aromatic N) is 1. The molecule has 1 atom stereocenters. The molecule has 4 rings (SSSR count). The molecule has 0 aliphatic carbocycles. The van der Waals surface area contributed by atoms with Crippen LogP contribution < -0.4 is 9.47 Å². The number of hydrogen-bond acceptors (Lipinski definition) is 6. The molecule has 1 amide bonds. The summed E-state index contributed by atoms with van der Waals surface area (Å²) in [6.45, 7) is 0.230. The van der Waals surface area contributed by atoms with E-state index in [0.29, 0.717) is 22.1 Å². The second-order valence-electron chi connectivity index (χ2n) is 7.13. The molecule has 2 aromatic carbocycles. The summed E-state index contributed by atoms with van der Waals surface area (Å²) in [5.74, 6) is -0.892. The summed E-state index contributed by atoms with van der Waals surface area (Å²) in [5, 5.41) is 13.5. The minimum atomic E-state index is -0.809. The Morgan fingerprint density at radius 3 is 2.59 bits per heavy atom. The van der Waals surface area contributed by atoms with Crippen molar-refractivity contribution in [3.63, 3.8) is 0 Å². The first kappa shape index (κ1) is 21.9. The third-order valence-corrected chi connectivity index (χ3v) is 6.37. The maximum absolute atomic E-state index is 13.2. The molecule has 0 saturated carbocycles. The largest absolute Gasteiger partial charge is 0.507 e. The van der Waals surface area contributed by atoms with Gasteiger partial charge < -0.3 is 19.5 Å². The molecule has 1 unspecified atom stereocenters. The highest BCUT2D eigenvalue weighted by molar-refractivity contribution is 7.09. The predicted octanol–water partition coefficient (Wildman–Crippen LogP) is 5.04. The summed E-state index contributed by atoms with van der Waals surface area (Å²) < 4.78 is 10.7. The van der Waals surface area contributed by atoms with Gasteiger partial charge >= 0.3 is 0 Å². The molecule has 0 bridgehead atoms. The first-order chi connectivity index (χ1) is 15.4. The zero-order valence-electron chi connectivity index (χ0n) is 17.4. The van der Waals surface area contributed by atoms with Gasteiger partial charge in [-0.15, -0.1) is 11.3 Å². The van der Waals surface area contributed by atoms with Crippen LogP contribution in [-0.4, -0.2) is 35.9 Å². The van der Waals surface area contributed by atoms with Crippen molar-refractivity contribution in [2.45, 2.75) is 12.6 Å². The summed E-state index contributed by atoms with van der Waals surface area (Å²) in [6.07, 6.45) is 0. The number of methoxy groups -OCH3 is 2. The quantitative estimate of drug-likeness (QED) is 0.311. The zero-order chi connectivity index (χ0) is 22.8. The number of Topliss-reactive ketones (excluding diaryl/α,β-unsaturated/α-hetero) is 1. The molecule has 1 fully saturated rings. The van der Waals surface area contributed by atoms with Crippen LogP contribution in [0.1, 0.15) is 22.0 Å². The molecular formula is C24H20ClNO5S. The molecule has 32 heavy (non-hydrogen) atoms. The molecule has 6 nitrogen and oxygen atoms in total. The fourth-order valence-electron chi connectivity index (χ4n) is 3.78. The molecule has 8 heteroatoms. The molecule has 1 N–H and O–H groups in total. The molecule has 2 heterocycles. The van der Waals surface area contributed by atoms with Crippen LogP contribution in [0.2, 0.25) is 5.02 Å². The molecule has 1 aromatic heterocycles. The Morgan fingerprint density at radius 1 is 1.09 bits per heavy atom. The van der Waals surface area contributed by atoms with Crippen LogP contribution in [0.4, 0.5) is 0 Å². The second-order valence-corrected chi connectivity index (χ2v) is 8.60. The number of halogens is 1. The Balaban J connectivity index is 1.92. The minimum absolute atomic E-state index is 0.0274. The Hall–Kier alpha value is -3.29. The van der Waals surface area contributed by atoms with E-state index in [-0.39, 0.29) is 23.4 Å². The molecule has 0 spiro atoms. The number of aliphatic hydroxyl groups excluding tert-OH is 1. The SMILES string of the molecule is COc1cccc(C2/C(=C(\O)c3cc(Cl)ccc3OC)C(=O)C(=O)N2Cc2cccs2)c1. The second kappa shape index (κ2) is 9.06. The van der Waals surface area contributed by atoms with E-state index < -0.39 is 17.7 Å². The summed E-state index contributed by atoms with van der Waals surface area (Å²) in [7, 11) is 2.99. The topological polar surface area (TPSA) is 76.1 Å². The van der Waals surface area contributed by atoms with Gasteiger partial charge in [0.1, 0.15) is 17.3 Å². The highest BCUT2D eigenvalue weighted by Gasteiger charge is 2.46. The minimum Gasteiger partial charge on any atom is -0.507 e. The monoisotopic (exact) mass is 469 g/mol. The molecule has 1 aliphatic rings. The fourth-order valence-corrected chi connectivity index (χ4v) is 4.66. The Bertz CT molecular complexity index is 1200. The predicted molar refractivity (Wildman–Crippen MR) is 123 cm³/mol. The van der Waals surface area contributed by atoms with Crippen LogP contribution >= 0.6 is 22.9 Å². The van der Waals surface area contributed by atoms with Gasteiger partial charge in [-0.2, -0.15) is 0 Å². The Labute approximate surface area is 194 Å². The van der Waals surface area contributed by atoms with Crippen LogP contribution in [0.5, 0.6) is 11.5 Å². The number of likely N-dealkylation sites (tertiary alicyclic amines) is 1. The van der Waals surface area contributed by atoms with E-state index in [2.05, 4.69) is 0 Å². The van der Waals surface area contributed by atoms with E-state index in [4.69, 9.17) is 21.1 Å². The standard InChI is InChI=1S/C24H20ClNO5S/c1-30-16-6-3-5-14(11-16)21-20(22(27)18-12-15(25)8-9-19(18)31-2)23(28)24(29)26(21)13-17-7-4-10-32-17/h3-12,21,27H,13H2,1-2H3/b22-20+. The summed E-state index contributed by atoms with van der Waals surface area (Å²) >= 11 is 7.63. The number of hydrogen-bond donors (Lipinski definition) is 1. The normalized spacial score (nSPS) is 17.6. The number of benzene rings is 2. The number of ketones is 1. The number of ether oxygens (including phenoxy) is 2. The Morgan fingerprint density at radius 2 is 1.91 bits per heavy atom. The van der Waals surface area contributed by atoms with Gasteiger partial charge in [0, 0.05) is 9.90 Å². The number of aliphatic hydroxyl groups is 1. The number of carbonyl (C=O) groups excluding carboxylic acids is 2. The van der Waals surface area contributed by atoms with E-state index in [0.717, 1.165) is 4.88 Å². The molecule has 3 aromatic rings. The third kappa shape index (κ3) is 3.97. The highest BCUT2D eigenvalue weighted by Crippen LogP contribution is 2.43. The lowest BCUT2D eigenvalue weighted by molar-refractivity contribution is -0.140. The summed E-state index contributed by atoms with van der Waals surface area (Å²) in [5.41, 5.74) is 0.852.